The molecule has 0 aromatic heterocycles. The van der Waals surface area contributed by atoms with Crippen molar-refractivity contribution >= 4 is 5.71 Å². The maximum absolute atomic E-state index is 5.48. The first kappa shape index (κ1) is 12.6. The van der Waals surface area contributed by atoms with E-state index in [1.807, 2.05) is 0 Å². The minimum atomic E-state index is -0.109. The summed E-state index contributed by atoms with van der Waals surface area (Å²) in [6.07, 6.45) is 3.52. The molecule has 2 aromatic carbocycles. The van der Waals surface area contributed by atoms with E-state index in [2.05, 4.69) is 65.8 Å². The van der Waals surface area contributed by atoms with E-state index >= 15 is 0 Å². The maximum Gasteiger partial charge on any atom is 0.125 e. The van der Waals surface area contributed by atoms with Crippen LogP contribution < -0.4 is 0 Å². The Bertz CT molecular complexity index is 608. The molecule has 1 fully saturated rings. The molecule has 1 atom stereocenters. The van der Waals surface area contributed by atoms with E-state index in [1.165, 1.54) is 29.7 Å². The first-order valence-electron chi connectivity index (χ1n) is 7.72. The first-order valence-corrected chi connectivity index (χ1v) is 7.72. The molecule has 2 aliphatic rings. The SMILES string of the molecule is c1ccc(C2(c3ccccc3)CCC[C@H]3CON=C32)cc1. The summed E-state index contributed by atoms with van der Waals surface area (Å²) in [4.78, 5) is 5.48. The number of hydrogen-bond donors (Lipinski definition) is 0. The van der Waals surface area contributed by atoms with Gasteiger partial charge in [-0.15, -0.1) is 0 Å². The lowest BCUT2D eigenvalue weighted by molar-refractivity contribution is 0.152. The van der Waals surface area contributed by atoms with Crippen LogP contribution in [0.3, 0.4) is 0 Å². The Hall–Kier alpha value is -2.09. The highest BCUT2D eigenvalue weighted by atomic mass is 16.6. The van der Waals surface area contributed by atoms with Crippen LogP contribution in [0.1, 0.15) is 30.4 Å². The van der Waals surface area contributed by atoms with Gasteiger partial charge in [0.15, 0.2) is 0 Å². The van der Waals surface area contributed by atoms with Crippen molar-refractivity contribution in [1.82, 2.24) is 0 Å². The monoisotopic (exact) mass is 277 g/mol. The average Bonchev–Trinajstić information content (AvgIpc) is 3.05. The van der Waals surface area contributed by atoms with Gasteiger partial charge < -0.3 is 4.84 Å². The maximum atomic E-state index is 5.48. The van der Waals surface area contributed by atoms with Crippen LogP contribution >= 0.6 is 0 Å². The fourth-order valence-electron chi connectivity index (χ4n) is 3.93. The van der Waals surface area contributed by atoms with Gasteiger partial charge >= 0.3 is 0 Å². The third-order valence-corrected chi connectivity index (χ3v) is 4.90. The number of fused-ring (bicyclic) bond motifs is 1. The molecule has 0 saturated heterocycles. The highest BCUT2D eigenvalue weighted by Gasteiger charge is 2.47. The quantitative estimate of drug-likeness (QED) is 0.807. The molecule has 1 heterocycles. The second kappa shape index (κ2) is 5.03. The zero-order valence-electron chi connectivity index (χ0n) is 12.0. The molecule has 2 aromatic rings. The summed E-state index contributed by atoms with van der Waals surface area (Å²) < 4.78 is 0. The smallest absolute Gasteiger partial charge is 0.125 e. The number of rotatable bonds is 2. The lowest BCUT2D eigenvalue weighted by atomic mass is 9.61. The van der Waals surface area contributed by atoms with Crippen LogP contribution in [-0.4, -0.2) is 12.3 Å². The summed E-state index contributed by atoms with van der Waals surface area (Å²) >= 11 is 0. The van der Waals surface area contributed by atoms with Crippen molar-refractivity contribution in [3.8, 4) is 0 Å². The second-order valence-electron chi connectivity index (χ2n) is 6.00. The van der Waals surface area contributed by atoms with Crippen molar-refractivity contribution in [2.45, 2.75) is 24.7 Å². The fourth-order valence-corrected chi connectivity index (χ4v) is 3.93. The molecule has 106 valence electrons. The van der Waals surface area contributed by atoms with Crippen LogP contribution in [-0.2, 0) is 10.3 Å². The Morgan fingerprint density at radius 2 is 1.52 bits per heavy atom. The summed E-state index contributed by atoms with van der Waals surface area (Å²) in [5, 5.41) is 4.48. The van der Waals surface area contributed by atoms with Gasteiger partial charge in [-0.1, -0.05) is 72.2 Å². The summed E-state index contributed by atoms with van der Waals surface area (Å²) in [6.45, 7) is 0.747. The molecule has 1 saturated carbocycles. The van der Waals surface area contributed by atoms with Crippen molar-refractivity contribution in [2.24, 2.45) is 11.1 Å². The van der Waals surface area contributed by atoms with Crippen LogP contribution in [0.5, 0.6) is 0 Å². The zero-order chi connectivity index (χ0) is 14.1. The topological polar surface area (TPSA) is 21.6 Å². The standard InChI is InChI=1S/C19H19NO/c1-3-9-16(10-4-1)19(17-11-5-2-6-12-17)13-7-8-15-14-21-20-18(15)19/h1-6,9-12,15H,7-8,13-14H2/t15-/m0/s1. The number of hydrogen-bond acceptors (Lipinski definition) is 2. The highest BCUT2D eigenvalue weighted by Crippen LogP contribution is 2.46. The molecule has 0 radical (unpaired) electrons. The third kappa shape index (κ3) is 1.90. The number of benzene rings is 2. The molecular weight excluding hydrogens is 258 g/mol. The normalized spacial score (nSPS) is 23.0. The predicted octanol–water partition coefficient (Wildman–Crippen LogP) is 4.16. The molecule has 2 heteroatoms. The van der Waals surface area contributed by atoms with Gasteiger partial charge in [0.25, 0.3) is 0 Å². The van der Waals surface area contributed by atoms with Crippen LogP contribution in [0.2, 0.25) is 0 Å². The van der Waals surface area contributed by atoms with E-state index in [1.54, 1.807) is 0 Å². The minimum Gasteiger partial charge on any atom is -0.395 e. The highest BCUT2D eigenvalue weighted by molar-refractivity contribution is 6.01. The molecule has 1 aliphatic heterocycles. The predicted molar refractivity (Wildman–Crippen MR) is 84.4 cm³/mol. The van der Waals surface area contributed by atoms with Gasteiger partial charge in [-0.25, -0.2) is 0 Å². The van der Waals surface area contributed by atoms with E-state index < -0.39 is 0 Å². The van der Waals surface area contributed by atoms with E-state index in [0.717, 1.165) is 13.0 Å². The molecule has 0 unspecified atom stereocenters. The molecule has 0 spiro atoms. The lowest BCUT2D eigenvalue weighted by Crippen LogP contribution is -2.43. The van der Waals surface area contributed by atoms with E-state index in [4.69, 9.17) is 4.84 Å². The Kier molecular flexibility index (Phi) is 3.03. The van der Waals surface area contributed by atoms with Gasteiger partial charge in [-0.2, -0.15) is 0 Å². The molecule has 2 nitrogen and oxygen atoms in total. The molecular formula is C19H19NO. The van der Waals surface area contributed by atoms with E-state index in [0.29, 0.717) is 5.92 Å². The third-order valence-electron chi connectivity index (χ3n) is 4.90. The Morgan fingerprint density at radius 1 is 0.905 bits per heavy atom. The average molecular weight is 277 g/mol. The Morgan fingerprint density at radius 3 is 2.14 bits per heavy atom. The fraction of sp³-hybridized carbons (Fsp3) is 0.316. The summed E-state index contributed by atoms with van der Waals surface area (Å²) in [7, 11) is 0. The first-order chi connectivity index (χ1) is 10.4. The molecule has 4 rings (SSSR count). The van der Waals surface area contributed by atoms with Gasteiger partial charge in [0, 0.05) is 5.92 Å². The number of nitrogens with zero attached hydrogens (tertiary/aromatic N) is 1. The lowest BCUT2D eigenvalue weighted by Gasteiger charge is -2.40. The summed E-state index contributed by atoms with van der Waals surface area (Å²) in [6, 6.07) is 21.6. The van der Waals surface area contributed by atoms with Crippen LogP contribution in [0.4, 0.5) is 0 Å². The van der Waals surface area contributed by atoms with Crippen molar-refractivity contribution in [3.63, 3.8) is 0 Å². The minimum absolute atomic E-state index is 0.109. The van der Waals surface area contributed by atoms with Gasteiger partial charge in [0.2, 0.25) is 0 Å². The van der Waals surface area contributed by atoms with Gasteiger partial charge in [0.1, 0.15) is 6.61 Å². The largest absolute Gasteiger partial charge is 0.395 e. The van der Waals surface area contributed by atoms with E-state index in [9.17, 15) is 0 Å². The van der Waals surface area contributed by atoms with Crippen molar-refractivity contribution in [1.29, 1.82) is 0 Å². The summed E-state index contributed by atoms with van der Waals surface area (Å²) in [5.41, 5.74) is 3.79. The molecule has 0 bridgehead atoms. The molecule has 0 amide bonds. The van der Waals surface area contributed by atoms with Crippen LogP contribution in [0.25, 0.3) is 0 Å². The van der Waals surface area contributed by atoms with Gasteiger partial charge in [-0.05, 0) is 24.0 Å². The molecule has 1 aliphatic carbocycles. The molecule has 21 heavy (non-hydrogen) atoms. The second-order valence-corrected chi connectivity index (χ2v) is 6.00. The van der Waals surface area contributed by atoms with Crippen LogP contribution in [0, 0.1) is 5.92 Å². The Labute approximate surface area is 125 Å². The van der Waals surface area contributed by atoms with Crippen molar-refractivity contribution < 1.29 is 4.84 Å². The molecule has 0 N–H and O–H groups in total. The number of oxime groups is 1. The Balaban J connectivity index is 1.95. The summed E-state index contributed by atoms with van der Waals surface area (Å²) in [5.74, 6) is 0.471. The van der Waals surface area contributed by atoms with Crippen LogP contribution in [0.15, 0.2) is 65.8 Å². The van der Waals surface area contributed by atoms with Gasteiger partial charge in [-0.3, -0.25) is 0 Å². The van der Waals surface area contributed by atoms with Gasteiger partial charge in [0.05, 0.1) is 11.1 Å². The van der Waals surface area contributed by atoms with Crippen molar-refractivity contribution in [3.05, 3.63) is 71.8 Å². The zero-order valence-corrected chi connectivity index (χ0v) is 12.0. The van der Waals surface area contributed by atoms with Crippen molar-refractivity contribution in [2.75, 3.05) is 6.61 Å². The van der Waals surface area contributed by atoms with E-state index in [-0.39, 0.29) is 5.41 Å².